The van der Waals surface area contributed by atoms with E-state index in [1.807, 2.05) is 0 Å². The van der Waals surface area contributed by atoms with E-state index >= 15 is 0 Å². The molecule has 0 amide bonds. The summed E-state index contributed by atoms with van der Waals surface area (Å²) in [5.74, 6) is 0.625. The molecule has 23 heavy (non-hydrogen) atoms. The zero-order valence-electron chi connectivity index (χ0n) is 12.4. The maximum absolute atomic E-state index is 6.38. The average molecular weight is 393 g/mol. The number of rotatable bonds is 7. The summed E-state index contributed by atoms with van der Waals surface area (Å²) in [5.41, 5.74) is 6.70. The van der Waals surface area contributed by atoms with Crippen molar-refractivity contribution in [3.05, 3.63) is 50.4 Å². The van der Waals surface area contributed by atoms with Gasteiger partial charge in [0.15, 0.2) is 0 Å². The molecule has 0 aromatic heterocycles. The number of halogens is 4. The third-order valence-electron chi connectivity index (χ3n) is 3.35. The van der Waals surface area contributed by atoms with Gasteiger partial charge in [-0.2, -0.15) is 0 Å². The second-order valence-corrected chi connectivity index (χ2v) is 6.69. The van der Waals surface area contributed by atoms with Crippen molar-refractivity contribution >= 4 is 46.4 Å². The normalized spacial score (nSPS) is 10.8. The first-order chi connectivity index (χ1) is 11.0. The van der Waals surface area contributed by atoms with Crippen LogP contribution in [0.2, 0.25) is 20.1 Å². The van der Waals surface area contributed by atoms with Gasteiger partial charge < -0.3 is 10.5 Å². The van der Waals surface area contributed by atoms with Crippen molar-refractivity contribution in [2.45, 2.75) is 19.3 Å². The Morgan fingerprint density at radius 2 is 1.35 bits per heavy atom. The maximum atomic E-state index is 6.38. The average Bonchev–Trinajstić information content (AvgIpc) is 2.49. The van der Waals surface area contributed by atoms with E-state index in [4.69, 9.17) is 56.9 Å². The first-order valence-electron chi connectivity index (χ1n) is 7.31. The van der Waals surface area contributed by atoms with Gasteiger partial charge in [0.1, 0.15) is 5.75 Å². The van der Waals surface area contributed by atoms with Crippen molar-refractivity contribution in [2.75, 3.05) is 13.2 Å². The van der Waals surface area contributed by atoms with Crippen molar-refractivity contribution in [2.24, 2.45) is 5.73 Å². The summed E-state index contributed by atoms with van der Waals surface area (Å²) in [4.78, 5) is 0. The van der Waals surface area contributed by atoms with Gasteiger partial charge in [-0.25, -0.2) is 0 Å². The summed E-state index contributed by atoms with van der Waals surface area (Å²) in [6.07, 6.45) is 2.96. The van der Waals surface area contributed by atoms with Gasteiger partial charge in [-0.15, -0.1) is 0 Å². The second kappa shape index (κ2) is 9.00. The van der Waals surface area contributed by atoms with Gasteiger partial charge in [0.25, 0.3) is 0 Å². The number of nitrogens with two attached hydrogens (primary N) is 1. The zero-order valence-corrected chi connectivity index (χ0v) is 15.4. The molecule has 0 saturated heterocycles. The lowest BCUT2D eigenvalue weighted by atomic mass is 10.1. The maximum Gasteiger partial charge on any atom is 0.122 e. The standard InChI is InChI=1S/C17H17Cl4NO/c18-12-5-4-6-13(19)16(12)17-14(20)9-11(10-15(17)21)23-8-3-1-2-7-22/h4-6,9-10H,1-3,7-8,22H2. The molecule has 0 aliphatic carbocycles. The van der Waals surface area contributed by atoms with E-state index in [1.54, 1.807) is 30.3 Å². The zero-order chi connectivity index (χ0) is 16.8. The van der Waals surface area contributed by atoms with Gasteiger partial charge >= 0.3 is 0 Å². The Labute approximate surface area is 156 Å². The molecule has 124 valence electrons. The molecule has 2 rings (SSSR count). The summed E-state index contributed by atoms with van der Waals surface area (Å²) in [6.45, 7) is 1.30. The van der Waals surface area contributed by atoms with Crippen molar-refractivity contribution in [3.63, 3.8) is 0 Å². The summed E-state index contributed by atoms with van der Waals surface area (Å²) in [5, 5.41) is 1.89. The van der Waals surface area contributed by atoms with Crippen LogP contribution < -0.4 is 10.5 Å². The van der Waals surface area contributed by atoms with Crippen LogP contribution in [0.25, 0.3) is 11.1 Å². The largest absolute Gasteiger partial charge is 0.493 e. The third kappa shape index (κ3) is 4.91. The Kier molecular flexibility index (Phi) is 7.32. The lowest BCUT2D eigenvalue weighted by Gasteiger charge is -2.14. The molecule has 0 fully saturated rings. The molecule has 6 heteroatoms. The van der Waals surface area contributed by atoms with E-state index in [-0.39, 0.29) is 0 Å². The van der Waals surface area contributed by atoms with Gasteiger partial charge in [-0.1, -0.05) is 52.5 Å². The first kappa shape index (κ1) is 18.7. The molecule has 0 aliphatic rings. The molecular formula is C17H17Cl4NO. The molecule has 0 saturated carbocycles. The van der Waals surface area contributed by atoms with Crippen LogP contribution in [0, 0.1) is 0 Å². The van der Waals surface area contributed by atoms with E-state index < -0.39 is 0 Å². The summed E-state index contributed by atoms with van der Waals surface area (Å²) in [7, 11) is 0. The summed E-state index contributed by atoms with van der Waals surface area (Å²) < 4.78 is 5.69. The van der Waals surface area contributed by atoms with E-state index in [1.165, 1.54) is 0 Å². The van der Waals surface area contributed by atoms with Crippen LogP contribution in [-0.4, -0.2) is 13.2 Å². The molecule has 0 unspecified atom stereocenters. The van der Waals surface area contributed by atoms with Gasteiger partial charge in [0.05, 0.1) is 16.7 Å². The van der Waals surface area contributed by atoms with E-state index in [0.29, 0.717) is 50.1 Å². The van der Waals surface area contributed by atoms with Crippen molar-refractivity contribution in [1.82, 2.24) is 0 Å². The minimum Gasteiger partial charge on any atom is -0.493 e. The highest BCUT2D eigenvalue weighted by molar-refractivity contribution is 6.44. The van der Waals surface area contributed by atoms with Crippen molar-refractivity contribution in [1.29, 1.82) is 0 Å². The van der Waals surface area contributed by atoms with Crippen LogP contribution in [0.4, 0.5) is 0 Å². The SMILES string of the molecule is NCCCCCOc1cc(Cl)c(-c2c(Cl)cccc2Cl)c(Cl)c1. The number of hydrogen-bond acceptors (Lipinski definition) is 2. The fraction of sp³-hybridized carbons (Fsp3) is 0.294. The van der Waals surface area contributed by atoms with Gasteiger partial charge in [0, 0.05) is 21.2 Å². The highest BCUT2D eigenvalue weighted by atomic mass is 35.5. The Morgan fingerprint density at radius 1 is 0.783 bits per heavy atom. The Morgan fingerprint density at radius 3 is 1.91 bits per heavy atom. The first-order valence-corrected chi connectivity index (χ1v) is 8.82. The highest BCUT2D eigenvalue weighted by Crippen LogP contribution is 2.44. The molecule has 2 nitrogen and oxygen atoms in total. The molecule has 0 radical (unpaired) electrons. The van der Waals surface area contributed by atoms with Gasteiger partial charge in [-0.3, -0.25) is 0 Å². The minimum atomic E-state index is 0.449. The van der Waals surface area contributed by atoms with Crippen molar-refractivity contribution in [3.8, 4) is 16.9 Å². The van der Waals surface area contributed by atoms with E-state index in [9.17, 15) is 0 Å². The Hall–Kier alpha value is -0.640. The van der Waals surface area contributed by atoms with E-state index in [0.717, 1.165) is 19.3 Å². The predicted molar refractivity (Wildman–Crippen MR) is 100 cm³/mol. The highest BCUT2D eigenvalue weighted by Gasteiger charge is 2.16. The number of ether oxygens (including phenoxy) is 1. The molecule has 0 aliphatic heterocycles. The molecular weight excluding hydrogens is 376 g/mol. The molecule has 2 aromatic carbocycles. The lowest BCUT2D eigenvalue weighted by molar-refractivity contribution is 0.306. The Balaban J connectivity index is 2.21. The second-order valence-electron chi connectivity index (χ2n) is 5.06. The number of hydrogen-bond donors (Lipinski definition) is 1. The monoisotopic (exact) mass is 391 g/mol. The topological polar surface area (TPSA) is 35.2 Å². The molecule has 0 atom stereocenters. The van der Waals surface area contributed by atoms with Crippen LogP contribution in [-0.2, 0) is 0 Å². The minimum absolute atomic E-state index is 0.449. The van der Waals surface area contributed by atoms with Crippen LogP contribution in [0.1, 0.15) is 19.3 Å². The quantitative estimate of drug-likeness (QED) is 0.547. The van der Waals surface area contributed by atoms with Crippen molar-refractivity contribution < 1.29 is 4.74 Å². The number of unbranched alkanes of at least 4 members (excludes halogenated alkanes) is 2. The van der Waals surface area contributed by atoms with E-state index in [2.05, 4.69) is 0 Å². The smallest absolute Gasteiger partial charge is 0.122 e. The fourth-order valence-corrected chi connectivity index (χ4v) is 3.46. The molecule has 2 N–H and O–H groups in total. The van der Waals surface area contributed by atoms with Crippen LogP contribution in [0.5, 0.6) is 5.75 Å². The number of benzene rings is 2. The third-order valence-corrected chi connectivity index (χ3v) is 4.57. The predicted octanol–water partition coefficient (Wildman–Crippen LogP) is 6.48. The Bertz CT molecular complexity index is 632. The van der Waals surface area contributed by atoms with Gasteiger partial charge in [0.2, 0.25) is 0 Å². The van der Waals surface area contributed by atoms with Crippen LogP contribution in [0.3, 0.4) is 0 Å². The molecule has 0 heterocycles. The van der Waals surface area contributed by atoms with Gasteiger partial charge in [-0.05, 0) is 50.1 Å². The molecule has 0 spiro atoms. The fourth-order valence-electron chi connectivity index (χ4n) is 2.22. The summed E-state index contributed by atoms with van der Waals surface area (Å²) >= 11 is 25.2. The lowest BCUT2D eigenvalue weighted by Crippen LogP contribution is -2.01. The van der Waals surface area contributed by atoms with Crippen LogP contribution >= 0.6 is 46.4 Å². The molecule has 0 bridgehead atoms. The molecule has 2 aromatic rings. The van der Waals surface area contributed by atoms with Crippen LogP contribution in [0.15, 0.2) is 30.3 Å². The summed E-state index contributed by atoms with van der Waals surface area (Å²) in [6, 6.07) is 8.72.